The highest BCUT2D eigenvalue weighted by molar-refractivity contribution is 5.79. The largest absolute Gasteiger partial charge is 0.481 e. The molecule has 0 saturated heterocycles. The second kappa shape index (κ2) is 7.77. The second-order valence-electron chi connectivity index (χ2n) is 7.13. The van der Waals surface area contributed by atoms with E-state index in [-0.39, 0.29) is 5.82 Å². The summed E-state index contributed by atoms with van der Waals surface area (Å²) in [4.78, 5) is 8.98. The van der Waals surface area contributed by atoms with Crippen LogP contribution >= 0.6 is 0 Å². The minimum absolute atomic E-state index is 0.292. The van der Waals surface area contributed by atoms with E-state index in [1.807, 2.05) is 37.6 Å². The number of halogens is 1. The van der Waals surface area contributed by atoms with E-state index in [2.05, 4.69) is 15.1 Å². The van der Waals surface area contributed by atoms with Crippen LogP contribution in [0.15, 0.2) is 60.9 Å². The predicted molar refractivity (Wildman–Crippen MR) is 117 cm³/mol. The molecule has 160 valence electrons. The predicted octanol–water partition coefficient (Wildman–Crippen LogP) is 4.02. The van der Waals surface area contributed by atoms with Gasteiger partial charge in [-0.1, -0.05) is 0 Å². The molecule has 0 saturated carbocycles. The molecule has 32 heavy (non-hydrogen) atoms. The van der Waals surface area contributed by atoms with Gasteiger partial charge in [-0.3, -0.25) is 4.68 Å². The zero-order valence-electron chi connectivity index (χ0n) is 17.7. The minimum Gasteiger partial charge on any atom is -0.481 e. The molecule has 0 aliphatic rings. The number of pyridine rings is 1. The molecule has 0 bridgehead atoms. The number of nitrogens with zero attached hydrogens (tertiary/aromatic N) is 6. The molecule has 0 aliphatic heterocycles. The Morgan fingerprint density at radius 3 is 2.34 bits per heavy atom. The van der Waals surface area contributed by atoms with Crippen molar-refractivity contribution >= 4 is 5.65 Å². The van der Waals surface area contributed by atoms with Gasteiger partial charge in [-0.05, 0) is 42.5 Å². The van der Waals surface area contributed by atoms with Crippen molar-refractivity contribution in [3.8, 4) is 45.5 Å². The molecule has 9 heteroatoms. The Bertz CT molecular complexity index is 1420. The topological polar surface area (TPSA) is 79.4 Å². The molecule has 5 aromatic rings. The molecule has 0 unspecified atom stereocenters. The first-order valence-electron chi connectivity index (χ1n) is 9.81. The van der Waals surface area contributed by atoms with E-state index in [0.717, 1.165) is 22.4 Å². The van der Waals surface area contributed by atoms with E-state index in [9.17, 15) is 4.39 Å². The van der Waals surface area contributed by atoms with Crippen molar-refractivity contribution in [1.29, 1.82) is 0 Å². The van der Waals surface area contributed by atoms with Crippen molar-refractivity contribution in [2.24, 2.45) is 7.05 Å². The second-order valence-corrected chi connectivity index (χ2v) is 7.13. The lowest BCUT2D eigenvalue weighted by Crippen LogP contribution is -1.95. The van der Waals surface area contributed by atoms with E-state index < -0.39 is 0 Å². The van der Waals surface area contributed by atoms with Crippen LogP contribution in [-0.2, 0) is 7.05 Å². The molecule has 4 heterocycles. The summed E-state index contributed by atoms with van der Waals surface area (Å²) >= 11 is 0. The molecule has 0 fully saturated rings. The Morgan fingerprint density at radius 1 is 0.781 bits per heavy atom. The minimum atomic E-state index is -0.292. The molecule has 0 radical (unpaired) electrons. The summed E-state index contributed by atoms with van der Waals surface area (Å²) in [5.74, 6) is 0.582. The number of benzene rings is 1. The quantitative estimate of drug-likeness (QED) is 0.419. The first-order valence-corrected chi connectivity index (χ1v) is 9.81. The number of fused-ring (bicyclic) bond motifs is 1. The summed E-state index contributed by atoms with van der Waals surface area (Å²) in [6, 6.07) is 13.6. The monoisotopic (exact) mass is 430 g/mol. The van der Waals surface area contributed by atoms with Gasteiger partial charge in [0.25, 0.3) is 0 Å². The van der Waals surface area contributed by atoms with Gasteiger partial charge >= 0.3 is 0 Å². The SMILES string of the molecule is COc1ccc(-c2cn3nc(-c4cn(C)nc4-c4ccc(F)cc4)ccc3n2)c(OC)n1. The Hall–Kier alpha value is -4.27. The summed E-state index contributed by atoms with van der Waals surface area (Å²) in [6.07, 6.45) is 3.71. The Labute approximate surface area is 182 Å². The molecule has 4 aromatic heterocycles. The normalized spacial score (nSPS) is 11.1. The molecule has 5 rings (SSSR count). The highest BCUT2D eigenvalue weighted by atomic mass is 19.1. The maximum Gasteiger partial charge on any atom is 0.226 e. The van der Waals surface area contributed by atoms with Crippen molar-refractivity contribution in [3.63, 3.8) is 0 Å². The number of aromatic nitrogens is 6. The number of hydrogen-bond donors (Lipinski definition) is 0. The molecule has 0 aliphatic carbocycles. The summed E-state index contributed by atoms with van der Waals surface area (Å²) in [5.41, 5.74) is 5.16. The number of aryl methyl sites for hydroxylation is 1. The van der Waals surface area contributed by atoms with Crippen molar-refractivity contribution in [1.82, 2.24) is 29.4 Å². The van der Waals surface area contributed by atoms with E-state index in [1.165, 1.54) is 12.1 Å². The highest BCUT2D eigenvalue weighted by Crippen LogP contribution is 2.32. The van der Waals surface area contributed by atoms with Gasteiger partial charge in [-0.2, -0.15) is 15.2 Å². The summed E-state index contributed by atoms with van der Waals surface area (Å²) in [7, 11) is 4.95. The standard InChI is InChI=1S/C23H19FN6O2/c1-29-12-17(22(28-29)14-4-6-15(24)7-5-14)18-9-10-20-25-19(13-30(20)27-18)16-8-11-21(31-2)26-23(16)32-3/h4-13H,1-3H3. The smallest absolute Gasteiger partial charge is 0.226 e. The fourth-order valence-corrected chi connectivity index (χ4v) is 3.54. The van der Waals surface area contributed by atoms with Gasteiger partial charge in [-0.25, -0.2) is 13.9 Å². The lowest BCUT2D eigenvalue weighted by Gasteiger charge is -2.06. The molecule has 0 amide bonds. The van der Waals surface area contributed by atoms with Gasteiger partial charge in [0.05, 0.1) is 37.4 Å². The van der Waals surface area contributed by atoms with Gasteiger partial charge in [0.15, 0.2) is 5.65 Å². The van der Waals surface area contributed by atoms with E-state index in [0.29, 0.717) is 28.8 Å². The van der Waals surface area contributed by atoms with Crippen LogP contribution in [0.1, 0.15) is 0 Å². The summed E-state index contributed by atoms with van der Waals surface area (Å²) in [6.45, 7) is 0. The average molecular weight is 430 g/mol. The van der Waals surface area contributed by atoms with Crippen LogP contribution in [-0.4, -0.2) is 43.6 Å². The van der Waals surface area contributed by atoms with Crippen LogP contribution in [0.2, 0.25) is 0 Å². The van der Waals surface area contributed by atoms with E-state index >= 15 is 0 Å². The molecule has 0 atom stereocenters. The fraction of sp³-hybridized carbons (Fsp3) is 0.130. The zero-order valence-corrected chi connectivity index (χ0v) is 17.7. The van der Waals surface area contributed by atoms with Crippen molar-refractivity contribution < 1.29 is 13.9 Å². The Morgan fingerprint density at radius 2 is 1.59 bits per heavy atom. The van der Waals surface area contributed by atoms with Crippen LogP contribution in [0.3, 0.4) is 0 Å². The van der Waals surface area contributed by atoms with E-state index in [4.69, 9.17) is 14.6 Å². The van der Waals surface area contributed by atoms with Crippen LogP contribution in [0.25, 0.3) is 39.4 Å². The lowest BCUT2D eigenvalue weighted by molar-refractivity contribution is 0.366. The van der Waals surface area contributed by atoms with E-state index in [1.54, 1.807) is 41.6 Å². The number of rotatable bonds is 5. The number of imidazole rings is 1. The summed E-state index contributed by atoms with van der Waals surface area (Å²) in [5, 5.41) is 9.29. The van der Waals surface area contributed by atoms with Crippen LogP contribution in [0, 0.1) is 5.82 Å². The molecular formula is C23H19FN6O2. The molecule has 0 N–H and O–H groups in total. The zero-order chi connectivity index (χ0) is 22.2. The third-order valence-electron chi connectivity index (χ3n) is 5.06. The van der Waals surface area contributed by atoms with Gasteiger partial charge in [0, 0.05) is 30.4 Å². The van der Waals surface area contributed by atoms with Crippen LogP contribution in [0.5, 0.6) is 11.8 Å². The molecule has 0 spiro atoms. The van der Waals surface area contributed by atoms with Crippen molar-refractivity contribution in [2.75, 3.05) is 14.2 Å². The third kappa shape index (κ3) is 3.43. The van der Waals surface area contributed by atoms with Crippen molar-refractivity contribution in [2.45, 2.75) is 0 Å². The maximum atomic E-state index is 13.4. The summed E-state index contributed by atoms with van der Waals surface area (Å²) < 4.78 is 27.4. The Kier molecular flexibility index (Phi) is 4.78. The van der Waals surface area contributed by atoms with Gasteiger partial charge < -0.3 is 9.47 Å². The first-order chi connectivity index (χ1) is 15.6. The molecule has 8 nitrogen and oxygen atoms in total. The lowest BCUT2D eigenvalue weighted by atomic mass is 10.1. The molecular weight excluding hydrogens is 411 g/mol. The number of methoxy groups -OCH3 is 2. The van der Waals surface area contributed by atoms with Crippen LogP contribution < -0.4 is 9.47 Å². The van der Waals surface area contributed by atoms with Gasteiger partial charge in [0.1, 0.15) is 11.5 Å². The highest BCUT2D eigenvalue weighted by Gasteiger charge is 2.17. The Balaban J connectivity index is 1.58. The molecule has 1 aromatic carbocycles. The van der Waals surface area contributed by atoms with Gasteiger partial charge in [-0.15, -0.1) is 0 Å². The van der Waals surface area contributed by atoms with Gasteiger partial charge in [0.2, 0.25) is 11.8 Å². The van der Waals surface area contributed by atoms with Crippen LogP contribution in [0.4, 0.5) is 4.39 Å². The average Bonchev–Trinajstić information content (AvgIpc) is 3.42. The fourth-order valence-electron chi connectivity index (χ4n) is 3.54. The number of ether oxygens (including phenoxy) is 2. The maximum absolute atomic E-state index is 13.4. The van der Waals surface area contributed by atoms with Crippen molar-refractivity contribution in [3.05, 3.63) is 66.7 Å². The third-order valence-corrected chi connectivity index (χ3v) is 5.06. The first kappa shape index (κ1) is 19.7. The number of hydrogen-bond acceptors (Lipinski definition) is 6.